The predicted octanol–water partition coefficient (Wildman–Crippen LogP) is 6.38. The molecule has 0 saturated carbocycles. The Bertz CT molecular complexity index is 949. The van der Waals surface area contributed by atoms with Gasteiger partial charge in [-0.15, -0.1) is 10.2 Å². The van der Waals surface area contributed by atoms with E-state index in [1.165, 1.54) is 0 Å². The molecule has 3 heterocycles. The van der Waals surface area contributed by atoms with Gasteiger partial charge < -0.3 is 10.2 Å². The second kappa shape index (κ2) is 8.43. The molecule has 2 unspecified atom stereocenters. The minimum Gasteiger partial charge on any atom is -0.419 e. The monoisotopic (exact) mass is 476 g/mol. The lowest BCUT2D eigenvalue weighted by molar-refractivity contribution is -0.160. The summed E-state index contributed by atoms with van der Waals surface area (Å²) in [6, 6.07) is 0.257. The van der Waals surface area contributed by atoms with Crippen molar-refractivity contribution in [3.05, 3.63) is 23.2 Å². The zero-order valence-corrected chi connectivity index (χ0v) is 16.2. The van der Waals surface area contributed by atoms with Crippen molar-refractivity contribution >= 4 is 5.69 Å². The third-order valence-corrected chi connectivity index (χ3v) is 5.18. The third-order valence-electron chi connectivity index (χ3n) is 5.18. The summed E-state index contributed by atoms with van der Waals surface area (Å²) in [5.41, 5.74) is 1.04. The minimum absolute atomic E-state index is 0.00192. The molecule has 2 aromatic rings. The van der Waals surface area contributed by atoms with Gasteiger partial charge in [0.25, 0.3) is 5.89 Å². The Balaban J connectivity index is 2.22. The summed E-state index contributed by atoms with van der Waals surface area (Å²) >= 11 is 0. The molecule has 3 rings (SSSR count). The van der Waals surface area contributed by atoms with Crippen molar-refractivity contribution in [2.24, 2.45) is 0 Å². The first-order valence-electron chi connectivity index (χ1n) is 9.54. The highest BCUT2D eigenvalue weighted by atomic mass is 19.4. The van der Waals surface area contributed by atoms with Crippen LogP contribution in [0.25, 0.3) is 11.6 Å². The van der Waals surface area contributed by atoms with Gasteiger partial charge in [-0.2, -0.15) is 39.5 Å². The number of nitrogen functional groups attached to an aromatic ring is 1. The number of hydrogen-bond donors (Lipinski definition) is 1. The van der Waals surface area contributed by atoms with E-state index in [0.717, 1.165) is 0 Å². The average Bonchev–Trinajstić information content (AvgIpc) is 3.10. The smallest absolute Gasteiger partial charge is 0.418 e. The van der Waals surface area contributed by atoms with Gasteiger partial charge in [-0.05, 0) is 18.9 Å². The highest BCUT2D eigenvalue weighted by Gasteiger charge is 2.48. The summed E-state index contributed by atoms with van der Waals surface area (Å²) < 4.78 is 127. The van der Waals surface area contributed by atoms with Crippen LogP contribution in [0.2, 0.25) is 0 Å². The number of anilines is 1. The second-order valence-corrected chi connectivity index (χ2v) is 7.48. The summed E-state index contributed by atoms with van der Waals surface area (Å²) in [5, 5.41) is 6.68. The van der Waals surface area contributed by atoms with Crippen LogP contribution in [0.15, 0.2) is 10.5 Å². The SMILES string of the molecule is Nc1cc(C(F)(F)F)c2nc1-c1nnc(o1)C(C(F)(F)F)CCCCCCC2C(F)(F)F. The molecule has 1 aliphatic heterocycles. The Hall–Kier alpha value is -2.54. The van der Waals surface area contributed by atoms with E-state index in [2.05, 4.69) is 15.2 Å². The molecule has 32 heavy (non-hydrogen) atoms. The van der Waals surface area contributed by atoms with Gasteiger partial charge in [-0.25, -0.2) is 4.98 Å². The van der Waals surface area contributed by atoms with E-state index in [4.69, 9.17) is 10.2 Å². The standard InChI is InChI=1S/C18H17F9N4O/c19-16(20,21)8-5-3-1-2-4-6-9(17(22,23)24)14-30-31-15(32-14)13-11(28)7-10(12(8)29-13)18(25,26)27/h7-9H,1-6,28H2. The van der Waals surface area contributed by atoms with Crippen molar-refractivity contribution in [3.63, 3.8) is 0 Å². The molecule has 0 saturated heterocycles. The molecule has 0 aliphatic carbocycles. The lowest BCUT2D eigenvalue weighted by atomic mass is 9.91. The number of aromatic nitrogens is 3. The van der Waals surface area contributed by atoms with Gasteiger partial charge in [-0.1, -0.05) is 25.7 Å². The quantitative estimate of drug-likeness (QED) is 0.447. The summed E-state index contributed by atoms with van der Waals surface area (Å²) in [7, 11) is 0. The second-order valence-electron chi connectivity index (χ2n) is 7.48. The number of alkyl halides is 9. The molecule has 0 aromatic carbocycles. The van der Waals surface area contributed by atoms with Gasteiger partial charge in [-0.3, -0.25) is 0 Å². The van der Waals surface area contributed by atoms with Crippen molar-refractivity contribution in [1.29, 1.82) is 0 Å². The summed E-state index contributed by atoms with van der Waals surface area (Å²) in [6.45, 7) is 0. The maximum Gasteiger partial charge on any atom is 0.418 e. The van der Waals surface area contributed by atoms with Gasteiger partial charge in [0.1, 0.15) is 5.92 Å². The fourth-order valence-electron chi connectivity index (χ4n) is 3.61. The molecule has 2 aromatic heterocycles. The molecular weight excluding hydrogens is 459 g/mol. The van der Waals surface area contributed by atoms with Gasteiger partial charge >= 0.3 is 18.5 Å². The van der Waals surface area contributed by atoms with Crippen LogP contribution in [0.3, 0.4) is 0 Å². The van der Waals surface area contributed by atoms with E-state index >= 15 is 0 Å². The van der Waals surface area contributed by atoms with Crippen LogP contribution in [0.5, 0.6) is 0 Å². The highest BCUT2D eigenvalue weighted by molar-refractivity contribution is 5.67. The molecule has 14 heteroatoms. The van der Waals surface area contributed by atoms with E-state index in [0.29, 0.717) is 0 Å². The van der Waals surface area contributed by atoms with Crippen molar-refractivity contribution in [1.82, 2.24) is 15.2 Å². The molecule has 0 amide bonds. The largest absolute Gasteiger partial charge is 0.419 e. The van der Waals surface area contributed by atoms with Gasteiger partial charge in [0.15, 0.2) is 5.69 Å². The Morgan fingerprint density at radius 3 is 1.91 bits per heavy atom. The maximum absolute atomic E-state index is 13.7. The van der Waals surface area contributed by atoms with Crippen LogP contribution in [0, 0.1) is 0 Å². The van der Waals surface area contributed by atoms with E-state index < -0.39 is 77.6 Å². The third kappa shape index (κ3) is 5.09. The Labute approximate surface area is 175 Å². The number of hydrogen-bond acceptors (Lipinski definition) is 5. The van der Waals surface area contributed by atoms with Gasteiger partial charge in [0.05, 0.1) is 22.9 Å². The summed E-state index contributed by atoms with van der Waals surface area (Å²) in [4.78, 5) is 3.46. The van der Waals surface area contributed by atoms with E-state index in [-0.39, 0.29) is 31.7 Å². The zero-order chi connectivity index (χ0) is 23.9. The minimum atomic E-state index is -5.20. The Morgan fingerprint density at radius 2 is 1.38 bits per heavy atom. The molecule has 2 atom stereocenters. The maximum atomic E-state index is 13.7. The number of nitrogens with zero attached hydrogens (tertiary/aromatic N) is 3. The molecule has 0 fully saturated rings. The number of nitrogens with two attached hydrogens (primary N) is 1. The van der Waals surface area contributed by atoms with Crippen molar-refractivity contribution in [2.75, 3.05) is 5.73 Å². The fourth-order valence-corrected chi connectivity index (χ4v) is 3.61. The first kappa shape index (κ1) is 24.1. The lowest BCUT2D eigenvalue weighted by Crippen LogP contribution is -2.26. The van der Waals surface area contributed by atoms with Crippen LogP contribution in [0.4, 0.5) is 45.2 Å². The van der Waals surface area contributed by atoms with E-state index in [1.54, 1.807) is 0 Å². The molecule has 178 valence electrons. The first-order valence-corrected chi connectivity index (χ1v) is 9.54. The average molecular weight is 476 g/mol. The predicted molar refractivity (Wildman–Crippen MR) is 92.2 cm³/mol. The molecule has 0 radical (unpaired) electrons. The van der Waals surface area contributed by atoms with Crippen LogP contribution < -0.4 is 5.73 Å². The molecule has 0 spiro atoms. The molecule has 2 N–H and O–H groups in total. The summed E-state index contributed by atoms with van der Waals surface area (Å²) in [6.07, 6.45) is -16.1. The van der Waals surface area contributed by atoms with Crippen molar-refractivity contribution in [3.8, 4) is 11.6 Å². The van der Waals surface area contributed by atoms with Crippen LogP contribution in [-0.4, -0.2) is 27.5 Å². The van der Waals surface area contributed by atoms with Gasteiger partial charge in [0, 0.05) is 0 Å². The van der Waals surface area contributed by atoms with Crippen molar-refractivity contribution in [2.45, 2.75) is 68.9 Å². The lowest BCUT2D eigenvalue weighted by Gasteiger charge is -2.24. The fraction of sp³-hybridized carbons (Fsp3) is 0.611. The molecule has 1 aliphatic rings. The topological polar surface area (TPSA) is 77.8 Å². The highest BCUT2D eigenvalue weighted by Crippen LogP contribution is 2.46. The molecule has 5 nitrogen and oxygen atoms in total. The number of pyridine rings is 1. The normalized spacial score (nSPS) is 21.3. The summed E-state index contributed by atoms with van der Waals surface area (Å²) in [5.74, 6) is -6.35. The van der Waals surface area contributed by atoms with Crippen LogP contribution in [-0.2, 0) is 6.18 Å². The number of halogens is 9. The van der Waals surface area contributed by atoms with Crippen LogP contribution in [0.1, 0.15) is 67.5 Å². The van der Waals surface area contributed by atoms with Crippen molar-refractivity contribution < 1.29 is 43.9 Å². The Morgan fingerprint density at radius 1 is 0.812 bits per heavy atom. The van der Waals surface area contributed by atoms with E-state index in [1.807, 2.05) is 0 Å². The van der Waals surface area contributed by atoms with Crippen LogP contribution >= 0.6 is 0 Å². The molecule has 4 bridgehead atoms. The Kier molecular flexibility index (Phi) is 6.35. The van der Waals surface area contributed by atoms with Gasteiger partial charge in [0.2, 0.25) is 5.89 Å². The molecular formula is C18H17F9N4O. The zero-order valence-electron chi connectivity index (χ0n) is 16.2. The first-order chi connectivity index (χ1) is 14.7. The number of rotatable bonds is 0. The van der Waals surface area contributed by atoms with E-state index in [9.17, 15) is 39.5 Å². The number of fused-ring (bicyclic) bond motifs is 5.